The Balaban J connectivity index is 2.07. The molecular weight excluding hydrogens is 363 g/mol. The second kappa shape index (κ2) is 10.2. The van der Waals surface area contributed by atoms with Crippen LogP contribution in [-0.4, -0.2) is 42.3 Å². The molecule has 0 aliphatic heterocycles. The number of benzene rings is 2. The molecule has 28 heavy (non-hydrogen) atoms. The van der Waals surface area contributed by atoms with Crippen LogP contribution in [0.2, 0.25) is 0 Å². The van der Waals surface area contributed by atoms with Crippen molar-refractivity contribution in [3.05, 3.63) is 71.5 Å². The van der Waals surface area contributed by atoms with Crippen LogP contribution in [0.15, 0.2) is 54.6 Å². The number of hydrogen-bond acceptors (Lipinski definition) is 4. The van der Waals surface area contributed by atoms with E-state index in [-0.39, 0.29) is 11.5 Å². The Labute approximate surface area is 163 Å². The fraction of sp³-hybridized carbons (Fsp3) is 0.286. The Kier molecular flexibility index (Phi) is 7.68. The number of esters is 1. The lowest BCUT2D eigenvalue weighted by Crippen LogP contribution is -2.38. The molecule has 0 spiro atoms. The lowest BCUT2D eigenvalue weighted by atomic mass is 10.1. The Morgan fingerprint density at radius 3 is 2.21 bits per heavy atom. The molecule has 2 aromatic rings. The number of ether oxygens (including phenoxy) is 1. The van der Waals surface area contributed by atoms with Gasteiger partial charge in [0.1, 0.15) is 12.4 Å². The van der Waals surface area contributed by atoms with Crippen LogP contribution >= 0.6 is 0 Å². The van der Waals surface area contributed by atoms with E-state index in [1.54, 1.807) is 35.2 Å². The van der Waals surface area contributed by atoms with Crippen LogP contribution in [0, 0.1) is 5.82 Å². The Morgan fingerprint density at radius 2 is 1.61 bits per heavy atom. The molecule has 6 nitrogen and oxygen atoms in total. The average Bonchev–Trinajstić information content (AvgIpc) is 2.72. The molecule has 0 bridgehead atoms. The maximum Gasteiger partial charge on any atom is 0.326 e. The van der Waals surface area contributed by atoms with E-state index in [1.807, 2.05) is 13.8 Å². The zero-order valence-corrected chi connectivity index (χ0v) is 15.9. The summed E-state index contributed by atoms with van der Waals surface area (Å²) >= 11 is 0. The van der Waals surface area contributed by atoms with Crippen molar-refractivity contribution in [1.82, 2.24) is 10.2 Å². The smallest absolute Gasteiger partial charge is 0.326 e. The molecule has 0 fully saturated rings. The number of hydrogen-bond donors (Lipinski definition) is 1. The first-order valence-electron chi connectivity index (χ1n) is 9.03. The summed E-state index contributed by atoms with van der Waals surface area (Å²) in [5.41, 5.74) is 0.363. The highest BCUT2D eigenvalue weighted by Gasteiger charge is 2.28. The van der Waals surface area contributed by atoms with Gasteiger partial charge in [0, 0.05) is 18.7 Å². The van der Waals surface area contributed by atoms with Crippen LogP contribution in [0.1, 0.15) is 35.9 Å². The summed E-state index contributed by atoms with van der Waals surface area (Å²) in [4.78, 5) is 38.6. The summed E-state index contributed by atoms with van der Waals surface area (Å²) in [6.45, 7) is 4.13. The van der Waals surface area contributed by atoms with Gasteiger partial charge in [0.25, 0.3) is 11.8 Å². The first-order valence-corrected chi connectivity index (χ1v) is 9.03. The van der Waals surface area contributed by atoms with Crippen LogP contribution in [0.3, 0.4) is 0 Å². The molecule has 148 valence electrons. The van der Waals surface area contributed by atoms with Gasteiger partial charge >= 0.3 is 5.97 Å². The van der Waals surface area contributed by atoms with Gasteiger partial charge < -0.3 is 15.0 Å². The third-order valence-corrected chi connectivity index (χ3v) is 4.16. The second-order valence-corrected chi connectivity index (χ2v) is 5.95. The van der Waals surface area contributed by atoms with Crippen molar-refractivity contribution < 1.29 is 23.5 Å². The van der Waals surface area contributed by atoms with E-state index in [0.29, 0.717) is 18.7 Å². The molecule has 7 heteroatoms. The lowest BCUT2D eigenvalue weighted by molar-refractivity contribution is -0.160. The standard InChI is InChI=1S/C21H23FN2O4/c1-3-24(4-2)21(27)19(15-10-6-5-7-11-15)28-18(25)14-23-20(26)16-12-8-9-13-17(16)22/h5-13,19H,3-4,14H2,1-2H3,(H,23,26)/t19-/m1/s1. The fourth-order valence-electron chi connectivity index (χ4n) is 2.66. The minimum absolute atomic E-state index is 0.172. The third-order valence-electron chi connectivity index (χ3n) is 4.16. The van der Waals surface area contributed by atoms with Crippen LogP contribution < -0.4 is 5.32 Å². The minimum atomic E-state index is -1.11. The molecule has 0 saturated heterocycles. The summed E-state index contributed by atoms with van der Waals surface area (Å²) in [5, 5.41) is 2.31. The summed E-state index contributed by atoms with van der Waals surface area (Å²) in [6, 6.07) is 14.1. The first-order chi connectivity index (χ1) is 13.5. The number of likely N-dealkylation sites (N-methyl/N-ethyl adjacent to an activating group) is 1. The normalized spacial score (nSPS) is 11.4. The van der Waals surface area contributed by atoms with E-state index >= 15 is 0 Å². The van der Waals surface area contributed by atoms with Crippen molar-refractivity contribution >= 4 is 17.8 Å². The monoisotopic (exact) mass is 386 g/mol. The van der Waals surface area contributed by atoms with Gasteiger partial charge in [-0.05, 0) is 26.0 Å². The molecule has 1 N–H and O–H groups in total. The topological polar surface area (TPSA) is 75.7 Å². The molecule has 2 aromatic carbocycles. The van der Waals surface area contributed by atoms with E-state index in [2.05, 4.69) is 5.32 Å². The van der Waals surface area contributed by atoms with Gasteiger partial charge in [-0.3, -0.25) is 14.4 Å². The maximum absolute atomic E-state index is 13.6. The number of halogens is 1. The molecule has 0 saturated carbocycles. The molecule has 0 aliphatic carbocycles. The van der Waals surface area contributed by atoms with E-state index in [1.165, 1.54) is 18.2 Å². The fourth-order valence-corrected chi connectivity index (χ4v) is 2.66. The highest BCUT2D eigenvalue weighted by molar-refractivity contribution is 5.96. The number of carbonyl (C=O) groups is 3. The van der Waals surface area contributed by atoms with Gasteiger partial charge in [-0.2, -0.15) is 0 Å². The number of amides is 2. The molecule has 0 heterocycles. The molecular formula is C21H23FN2O4. The molecule has 0 radical (unpaired) electrons. The maximum atomic E-state index is 13.6. The number of nitrogens with zero attached hydrogens (tertiary/aromatic N) is 1. The molecule has 2 amide bonds. The van der Waals surface area contributed by atoms with E-state index in [0.717, 1.165) is 6.07 Å². The summed E-state index contributed by atoms with van der Waals surface area (Å²) in [6.07, 6.45) is -1.11. The van der Waals surface area contributed by atoms with Crippen LogP contribution in [0.4, 0.5) is 4.39 Å². The van der Waals surface area contributed by atoms with Crippen LogP contribution in [-0.2, 0) is 14.3 Å². The van der Waals surface area contributed by atoms with Gasteiger partial charge in [-0.15, -0.1) is 0 Å². The van der Waals surface area contributed by atoms with Gasteiger partial charge in [0.05, 0.1) is 5.56 Å². The quantitative estimate of drug-likeness (QED) is 0.708. The predicted molar refractivity (Wildman–Crippen MR) is 102 cm³/mol. The summed E-state index contributed by atoms with van der Waals surface area (Å²) in [7, 11) is 0. The lowest BCUT2D eigenvalue weighted by Gasteiger charge is -2.25. The van der Waals surface area contributed by atoms with Crippen molar-refractivity contribution in [2.24, 2.45) is 0 Å². The number of rotatable bonds is 8. The SMILES string of the molecule is CCN(CC)C(=O)[C@H](OC(=O)CNC(=O)c1ccccc1F)c1ccccc1. The Hall–Kier alpha value is -3.22. The molecule has 0 unspecified atom stereocenters. The van der Waals surface area contributed by atoms with Crippen molar-refractivity contribution in [1.29, 1.82) is 0 Å². The van der Waals surface area contributed by atoms with Crippen molar-refractivity contribution in [2.45, 2.75) is 20.0 Å². The van der Waals surface area contributed by atoms with Crippen molar-refractivity contribution in [2.75, 3.05) is 19.6 Å². The molecule has 1 atom stereocenters. The number of nitrogens with one attached hydrogen (secondary N) is 1. The van der Waals surface area contributed by atoms with E-state index in [4.69, 9.17) is 4.74 Å². The molecule has 0 aromatic heterocycles. The van der Waals surface area contributed by atoms with E-state index in [9.17, 15) is 18.8 Å². The van der Waals surface area contributed by atoms with Gasteiger partial charge in [-0.1, -0.05) is 42.5 Å². The second-order valence-electron chi connectivity index (χ2n) is 5.95. The minimum Gasteiger partial charge on any atom is -0.446 e. The first kappa shape index (κ1) is 21.1. The predicted octanol–water partition coefficient (Wildman–Crippen LogP) is 2.71. The van der Waals surface area contributed by atoms with Crippen molar-refractivity contribution in [3.63, 3.8) is 0 Å². The highest BCUT2D eigenvalue weighted by atomic mass is 19.1. The third kappa shape index (κ3) is 5.39. The average molecular weight is 386 g/mol. The Bertz CT molecular complexity index is 822. The van der Waals surface area contributed by atoms with Crippen LogP contribution in [0.25, 0.3) is 0 Å². The highest BCUT2D eigenvalue weighted by Crippen LogP contribution is 2.20. The Morgan fingerprint density at radius 1 is 1.00 bits per heavy atom. The largest absolute Gasteiger partial charge is 0.446 e. The van der Waals surface area contributed by atoms with E-state index < -0.39 is 30.3 Å². The van der Waals surface area contributed by atoms with Gasteiger partial charge in [0.2, 0.25) is 6.10 Å². The molecule has 2 rings (SSSR count). The summed E-state index contributed by atoms with van der Waals surface area (Å²) < 4.78 is 19.0. The van der Waals surface area contributed by atoms with Gasteiger partial charge in [0.15, 0.2) is 0 Å². The van der Waals surface area contributed by atoms with Crippen LogP contribution in [0.5, 0.6) is 0 Å². The van der Waals surface area contributed by atoms with Crippen molar-refractivity contribution in [3.8, 4) is 0 Å². The number of carbonyl (C=O) groups excluding carboxylic acids is 3. The summed E-state index contributed by atoms with van der Waals surface area (Å²) in [5.74, 6) is -2.56. The van der Waals surface area contributed by atoms with Gasteiger partial charge in [-0.25, -0.2) is 4.39 Å². The molecule has 0 aliphatic rings. The zero-order chi connectivity index (χ0) is 20.5. The zero-order valence-electron chi connectivity index (χ0n) is 15.9.